The van der Waals surface area contributed by atoms with Crippen molar-refractivity contribution in [3.05, 3.63) is 35.9 Å². The van der Waals surface area contributed by atoms with Gasteiger partial charge in [-0.05, 0) is 39.7 Å². The zero-order valence-electron chi connectivity index (χ0n) is 16.5. The first-order valence-electron chi connectivity index (χ1n) is 9.12. The Labute approximate surface area is 152 Å². The lowest BCUT2D eigenvalue weighted by atomic mass is 10.0. The van der Waals surface area contributed by atoms with Gasteiger partial charge in [0.15, 0.2) is 12.6 Å². The summed E-state index contributed by atoms with van der Waals surface area (Å²) in [6.07, 6.45) is 1.89. The van der Waals surface area contributed by atoms with E-state index in [1.807, 2.05) is 65.1 Å². The van der Waals surface area contributed by atoms with Crippen molar-refractivity contribution in [2.75, 3.05) is 13.6 Å². The highest BCUT2D eigenvalue weighted by Gasteiger charge is 2.27. The van der Waals surface area contributed by atoms with Crippen LogP contribution >= 0.6 is 0 Å². The Hall–Kier alpha value is -1.88. The smallest absolute Gasteiger partial charge is 0.278 e. The van der Waals surface area contributed by atoms with E-state index in [-0.39, 0.29) is 36.0 Å². The van der Waals surface area contributed by atoms with E-state index >= 15 is 0 Å². The second-order valence-electron chi connectivity index (χ2n) is 7.80. The Bertz CT molecular complexity index is 552. The summed E-state index contributed by atoms with van der Waals surface area (Å²) in [5, 5.41) is 6.08. The average molecular weight is 349 g/mol. The molecule has 3 N–H and O–H groups in total. The monoisotopic (exact) mass is 348 g/mol. The molecule has 0 radical (unpaired) electrons. The number of amides is 2. The van der Waals surface area contributed by atoms with Crippen molar-refractivity contribution in [2.45, 2.75) is 65.1 Å². The molecule has 0 saturated carbocycles. The first-order chi connectivity index (χ1) is 11.6. The predicted octanol–water partition coefficient (Wildman–Crippen LogP) is 1.46. The molecule has 0 spiro atoms. The van der Waals surface area contributed by atoms with Crippen molar-refractivity contribution < 1.29 is 14.5 Å². The molecule has 5 nitrogen and oxygen atoms in total. The fourth-order valence-corrected chi connectivity index (χ4v) is 2.69. The molecule has 0 fully saturated rings. The van der Waals surface area contributed by atoms with E-state index < -0.39 is 0 Å². The Morgan fingerprint density at radius 2 is 1.76 bits per heavy atom. The van der Waals surface area contributed by atoms with E-state index in [4.69, 9.17) is 0 Å². The van der Waals surface area contributed by atoms with Crippen LogP contribution in [-0.4, -0.2) is 37.0 Å². The van der Waals surface area contributed by atoms with Crippen LogP contribution in [0.4, 0.5) is 0 Å². The van der Waals surface area contributed by atoms with Gasteiger partial charge >= 0.3 is 0 Å². The van der Waals surface area contributed by atoms with Gasteiger partial charge in [-0.25, -0.2) is 0 Å². The summed E-state index contributed by atoms with van der Waals surface area (Å²) < 4.78 is 0. The van der Waals surface area contributed by atoms with Crippen LogP contribution in [0.2, 0.25) is 0 Å². The largest absolute Gasteiger partial charge is 0.347 e. The van der Waals surface area contributed by atoms with Gasteiger partial charge in [0.25, 0.3) is 11.8 Å². The molecule has 140 valence electrons. The summed E-state index contributed by atoms with van der Waals surface area (Å²) in [6, 6.07) is 9.75. The molecule has 0 saturated heterocycles. The van der Waals surface area contributed by atoms with Crippen LogP contribution in [0.25, 0.3) is 0 Å². The number of quaternary nitrogens is 1. The third-order valence-electron chi connectivity index (χ3n) is 4.18. The molecule has 25 heavy (non-hydrogen) atoms. The van der Waals surface area contributed by atoms with E-state index in [2.05, 4.69) is 17.6 Å². The normalized spacial score (nSPS) is 15.1. The lowest BCUT2D eigenvalue weighted by molar-refractivity contribution is -0.886. The molecule has 1 aromatic carbocycles. The maximum Gasteiger partial charge on any atom is 0.278 e. The van der Waals surface area contributed by atoms with Gasteiger partial charge in [-0.1, -0.05) is 43.7 Å². The quantitative estimate of drug-likeness (QED) is 0.666. The number of rotatable bonds is 8. The van der Waals surface area contributed by atoms with E-state index in [1.165, 1.54) is 0 Å². The standard InChI is InChI=1S/C20H33N3O2/c1-7-11-17(16-12-9-8-10-13-16)21-19(25)15(2)23(6)14-18(24)22-20(3,4)5/h8-10,12-13,15,17H,7,11,14H2,1-6H3,(H,21,25)(H,22,24)/p+1/t15-,17-/m1/s1. The highest BCUT2D eigenvalue weighted by atomic mass is 16.2. The molecule has 0 bridgehead atoms. The summed E-state index contributed by atoms with van der Waals surface area (Å²) in [7, 11) is 1.88. The number of benzene rings is 1. The summed E-state index contributed by atoms with van der Waals surface area (Å²) in [6.45, 7) is 10.1. The zero-order valence-corrected chi connectivity index (χ0v) is 16.5. The molecule has 3 atom stereocenters. The SMILES string of the molecule is CCC[C@@H](NC(=O)[C@@H](C)[NH+](C)CC(=O)NC(C)(C)C)c1ccccc1. The Morgan fingerprint density at radius 1 is 1.16 bits per heavy atom. The van der Waals surface area contributed by atoms with Gasteiger partial charge in [-0.15, -0.1) is 0 Å². The van der Waals surface area contributed by atoms with E-state index in [9.17, 15) is 9.59 Å². The van der Waals surface area contributed by atoms with Gasteiger partial charge in [-0.2, -0.15) is 0 Å². The molecule has 0 aliphatic heterocycles. The summed E-state index contributed by atoms with van der Waals surface area (Å²) in [5.74, 6) is -0.0684. The van der Waals surface area contributed by atoms with Gasteiger partial charge in [0.1, 0.15) is 0 Å². The van der Waals surface area contributed by atoms with Crippen molar-refractivity contribution in [1.82, 2.24) is 10.6 Å². The molecule has 0 heterocycles. The van der Waals surface area contributed by atoms with Gasteiger partial charge in [0, 0.05) is 5.54 Å². The number of carbonyl (C=O) groups excluding carboxylic acids is 2. The van der Waals surface area contributed by atoms with Gasteiger partial charge in [0.2, 0.25) is 0 Å². The zero-order chi connectivity index (χ0) is 19.0. The topological polar surface area (TPSA) is 62.6 Å². The van der Waals surface area contributed by atoms with Gasteiger partial charge in [0.05, 0.1) is 13.1 Å². The van der Waals surface area contributed by atoms with Crippen LogP contribution in [0.5, 0.6) is 0 Å². The number of carbonyl (C=O) groups is 2. The van der Waals surface area contributed by atoms with Crippen LogP contribution in [0.15, 0.2) is 30.3 Å². The van der Waals surface area contributed by atoms with Crippen molar-refractivity contribution in [3.8, 4) is 0 Å². The molecule has 0 aliphatic rings. The summed E-state index contributed by atoms with van der Waals surface area (Å²) >= 11 is 0. The Morgan fingerprint density at radius 3 is 2.28 bits per heavy atom. The van der Waals surface area contributed by atoms with Crippen molar-refractivity contribution in [3.63, 3.8) is 0 Å². The minimum atomic E-state index is -0.297. The molecule has 1 aromatic rings. The van der Waals surface area contributed by atoms with Crippen LogP contribution in [0.3, 0.4) is 0 Å². The highest BCUT2D eigenvalue weighted by Crippen LogP contribution is 2.17. The molecule has 2 amide bonds. The number of hydrogen-bond acceptors (Lipinski definition) is 2. The first-order valence-corrected chi connectivity index (χ1v) is 9.12. The Kier molecular flexibility index (Phi) is 8.10. The maximum atomic E-state index is 12.6. The molecule has 5 heteroatoms. The summed E-state index contributed by atoms with van der Waals surface area (Å²) in [4.78, 5) is 25.6. The van der Waals surface area contributed by atoms with E-state index in [0.717, 1.165) is 23.3 Å². The predicted molar refractivity (Wildman–Crippen MR) is 101 cm³/mol. The molecule has 0 aromatic heterocycles. The summed E-state index contributed by atoms with van der Waals surface area (Å²) in [5.41, 5.74) is 0.857. The average Bonchev–Trinajstić information content (AvgIpc) is 2.52. The van der Waals surface area contributed by atoms with E-state index in [1.54, 1.807) is 0 Å². The van der Waals surface area contributed by atoms with Crippen molar-refractivity contribution in [2.24, 2.45) is 0 Å². The lowest BCUT2D eigenvalue weighted by Crippen LogP contribution is -3.15. The molecule has 1 rings (SSSR count). The second kappa shape index (κ2) is 9.56. The van der Waals surface area contributed by atoms with Crippen molar-refractivity contribution >= 4 is 11.8 Å². The third kappa shape index (κ3) is 7.69. The third-order valence-corrected chi connectivity index (χ3v) is 4.18. The molecule has 1 unspecified atom stereocenters. The van der Waals surface area contributed by atoms with Crippen LogP contribution < -0.4 is 15.5 Å². The highest BCUT2D eigenvalue weighted by molar-refractivity contribution is 5.81. The number of hydrogen-bond donors (Lipinski definition) is 3. The fraction of sp³-hybridized carbons (Fsp3) is 0.600. The van der Waals surface area contributed by atoms with E-state index in [0.29, 0.717) is 0 Å². The van der Waals surface area contributed by atoms with Crippen molar-refractivity contribution in [1.29, 1.82) is 0 Å². The van der Waals surface area contributed by atoms with Crippen LogP contribution in [0.1, 0.15) is 59.1 Å². The van der Waals surface area contributed by atoms with Crippen LogP contribution in [0, 0.1) is 0 Å². The minimum Gasteiger partial charge on any atom is -0.347 e. The lowest BCUT2D eigenvalue weighted by Gasteiger charge is -2.26. The van der Waals surface area contributed by atoms with Gasteiger partial charge in [-0.3, -0.25) is 9.59 Å². The van der Waals surface area contributed by atoms with Gasteiger partial charge < -0.3 is 15.5 Å². The molecule has 0 aliphatic carbocycles. The number of likely N-dealkylation sites (N-methyl/N-ethyl adjacent to an activating group) is 1. The molecular weight excluding hydrogens is 314 g/mol. The molecular formula is C20H34N3O2+. The van der Waals surface area contributed by atoms with Crippen LogP contribution in [-0.2, 0) is 9.59 Å². The Balaban J connectivity index is 2.65. The fourth-order valence-electron chi connectivity index (χ4n) is 2.69. The maximum absolute atomic E-state index is 12.6. The first kappa shape index (κ1) is 21.2. The minimum absolute atomic E-state index is 0.0114. The number of nitrogens with one attached hydrogen (secondary N) is 3. The second-order valence-corrected chi connectivity index (χ2v) is 7.80.